The van der Waals surface area contributed by atoms with E-state index in [1.165, 1.54) is 0 Å². The fourth-order valence-corrected chi connectivity index (χ4v) is 4.98. The van der Waals surface area contributed by atoms with E-state index < -0.39 is 5.97 Å². The molecule has 0 aliphatic heterocycles. The molecule has 3 aromatic heterocycles. The Morgan fingerprint density at radius 2 is 1.71 bits per heavy atom. The largest absolute Gasteiger partial charge is 0.481 e. The quantitative estimate of drug-likeness (QED) is 0.334. The highest BCUT2D eigenvalue weighted by atomic mass is 16.5. The Hall–Kier alpha value is -3.83. The average Bonchev–Trinajstić information content (AvgIpc) is 3.31. The molecule has 182 valence electrons. The van der Waals surface area contributed by atoms with Gasteiger partial charge >= 0.3 is 11.9 Å². The zero-order chi connectivity index (χ0) is 24.9. The van der Waals surface area contributed by atoms with Crippen molar-refractivity contribution in [1.29, 1.82) is 0 Å². The molecule has 1 N–H and O–H groups in total. The summed E-state index contributed by atoms with van der Waals surface area (Å²) in [5.41, 5.74) is 6.84. The van der Waals surface area contributed by atoms with Gasteiger partial charge in [0.2, 0.25) is 0 Å². The molecule has 0 amide bonds. The zero-order valence-electron chi connectivity index (χ0n) is 20.2. The second-order valence-electron chi connectivity index (χ2n) is 8.79. The molecule has 0 radical (unpaired) electrons. The van der Waals surface area contributed by atoms with Gasteiger partial charge in [0.25, 0.3) is 0 Å². The predicted octanol–water partition coefficient (Wildman–Crippen LogP) is 3.77. The van der Waals surface area contributed by atoms with Crippen LogP contribution in [0.3, 0.4) is 0 Å². The number of nitrogens with zero attached hydrogens (tertiary/aromatic N) is 2. The number of aryl methyl sites for hydroxylation is 3. The van der Waals surface area contributed by atoms with Crippen molar-refractivity contribution >= 4 is 34.6 Å². The molecule has 0 bridgehead atoms. The minimum Gasteiger partial charge on any atom is -0.481 e. The highest BCUT2D eigenvalue weighted by molar-refractivity contribution is 5.84. The van der Waals surface area contributed by atoms with Gasteiger partial charge in [-0.15, -0.1) is 0 Å². The monoisotopic (exact) mass is 474 g/mol. The first-order valence-electron chi connectivity index (χ1n) is 12.1. The lowest BCUT2D eigenvalue weighted by Crippen LogP contribution is -2.20. The fourth-order valence-electron chi connectivity index (χ4n) is 4.98. The lowest BCUT2D eigenvalue weighted by atomic mass is 9.99. The van der Waals surface area contributed by atoms with Crippen molar-refractivity contribution in [3.8, 4) is 0 Å². The Bertz CT molecular complexity index is 1440. The fraction of sp³-hybridized carbons (Fsp3) is 0.357. The molecule has 0 spiro atoms. The molecule has 0 unspecified atom stereocenters. The van der Waals surface area contributed by atoms with Crippen molar-refractivity contribution < 1.29 is 24.2 Å². The van der Waals surface area contributed by atoms with Crippen LogP contribution in [0.1, 0.15) is 54.9 Å². The number of aromatic nitrogens is 2. The third-order valence-corrected chi connectivity index (χ3v) is 6.44. The highest BCUT2D eigenvalue weighted by Crippen LogP contribution is 2.31. The smallest absolute Gasteiger partial charge is 0.305 e. The summed E-state index contributed by atoms with van der Waals surface area (Å²) in [5, 5.41) is 9.64. The van der Waals surface area contributed by atoms with Crippen molar-refractivity contribution in [2.75, 3.05) is 6.61 Å². The lowest BCUT2D eigenvalue weighted by Gasteiger charge is -2.10. The van der Waals surface area contributed by atoms with Gasteiger partial charge in [0.15, 0.2) is 11.3 Å². The normalized spacial score (nSPS) is 11.3. The summed E-state index contributed by atoms with van der Waals surface area (Å²) in [4.78, 5) is 35.5. The molecule has 0 aliphatic rings. The number of esters is 1. The number of carbonyl (C=O) groups is 2. The summed E-state index contributed by atoms with van der Waals surface area (Å²) >= 11 is 0. The van der Waals surface area contributed by atoms with Crippen LogP contribution in [0, 0.1) is 6.92 Å². The molecule has 7 nitrogen and oxygen atoms in total. The van der Waals surface area contributed by atoms with Crippen LogP contribution >= 0.6 is 0 Å². The highest BCUT2D eigenvalue weighted by Gasteiger charge is 2.23. The topological polar surface area (TPSA) is 90.0 Å². The Morgan fingerprint density at radius 3 is 2.40 bits per heavy atom. The second-order valence-corrected chi connectivity index (χ2v) is 8.79. The van der Waals surface area contributed by atoms with Gasteiger partial charge in [0.1, 0.15) is 5.65 Å². The number of benzene rings is 1. The summed E-state index contributed by atoms with van der Waals surface area (Å²) in [5.74, 6) is 1.13. The summed E-state index contributed by atoms with van der Waals surface area (Å²) in [6.07, 6.45) is 2.60. The van der Waals surface area contributed by atoms with Crippen LogP contribution in [0.4, 0.5) is 0 Å². The van der Waals surface area contributed by atoms with Gasteiger partial charge in [-0.25, -0.2) is 4.79 Å². The van der Waals surface area contributed by atoms with Crippen molar-refractivity contribution in [3.05, 3.63) is 70.1 Å². The maximum atomic E-state index is 12.4. The summed E-state index contributed by atoms with van der Waals surface area (Å²) < 4.78 is 9.21. The average molecular weight is 475 g/mol. The standard InChI is InChI=1S/C28H30N2O5/c1-3-35-26(34)14-8-12-22-21(11-7-13-25(32)33)23-16-15-19(2)28-29(17-20-9-5-4-6-10-20)24(18-31)27(22)30(23)28/h4-6,9-10,15-16H,3,7-8,11-14,17H2,1-2H3,(H,32,33). The van der Waals surface area contributed by atoms with Crippen LogP contribution in [0.25, 0.3) is 16.7 Å². The number of imidazole rings is 1. The first-order valence-corrected chi connectivity index (χ1v) is 12.1. The summed E-state index contributed by atoms with van der Waals surface area (Å²) in [6.45, 7) is 4.68. The van der Waals surface area contributed by atoms with Gasteiger partial charge in [0.05, 0.1) is 24.2 Å². The first-order chi connectivity index (χ1) is 17.0. The number of carboxylic acid groups (broad SMARTS) is 1. The van der Waals surface area contributed by atoms with E-state index in [-0.39, 0.29) is 18.8 Å². The number of ether oxygens (including phenoxy) is 1. The molecule has 7 heteroatoms. The first kappa shape index (κ1) is 24.3. The number of aliphatic carboxylic acids is 1. The minimum absolute atomic E-state index is 0.0736. The van der Waals surface area contributed by atoms with E-state index in [4.69, 9.17) is 9.84 Å². The van der Waals surface area contributed by atoms with Crippen LogP contribution in [0.15, 0.2) is 42.5 Å². The number of pyridine rings is 1. The van der Waals surface area contributed by atoms with Crippen molar-refractivity contribution in [1.82, 2.24) is 8.97 Å². The van der Waals surface area contributed by atoms with E-state index in [0.29, 0.717) is 44.2 Å². The van der Waals surface area contributed by atoms with Gasteiger partial charge in [-0.3, -0.25) is 14.0 Å². The second kappa shape index (κ2) is 10.6. The van der Waals surface area contributed by atoms with Gasteiger partial charge in [-0.05, 0) is 67.9 Å². The van der Waals surface area contributed by atoms with Crippen LogP contribution in [-0.2, 0) is 38.5 Å². The molecule has 4 rings (SSSR count). The van der Waals surface area contributed by atoms with Crippen LogP contribution in [0.2, 0.25) is 0 Å². The van der Waals surface area contributed by atoms with Gasteiger partial charge in [-0.2, -0.15) is 0 Å². The van der Waals surface area contributed by atoms with Gasteiger partial charge < -0.3 is 14.4 Å². The van der Waals surface area contributed by atoms with Crippen molar-refractivity contribution in [3.63, 3.8) is 0 Å². The van der Waals surface area contributed by atoms with Crippen LogP contribution in [-0.4, -0.2) is 38.6 Å². The molecular formula is C28H30N2O5. The molecule has 4 aromatic rings. The molecule has 0 saturated carbocycles. The molecule has 35 heavy (non-hydrogen) atoms. The van der Waals surface area contributed by atoms with E-state index in [2.05, 4.69) is 10.3 Å². The predicted molar refractivity (Wildman–Crippen MR) is 133 cm³/mol. The summed E-state index contributed by atoms with van der Waals surface area (Å²) in [6, 6.07) is 14.1. The van der Waals surface area contributed by atoms with Gasteiger partial charge in [0, 0.05) is 12.8 Å². The Kier molecular flexibility index (Phi) is 7.37. The maximum absolute atomic E-state index is 12.4. The van der Waals surface area contributed by atoms with Crippen LogP contribution in [0.5, 0.6) is 0 Å². The molecular weight excluding hydrogens is 444 g/mol. The number of hydrogen-bond donors (Lipinski definition) is 1. The third-order valence-electron chi connectivity index (χ3n) is 6.44. The zero-order valence-corrected chi connectivity index (χ0v) is 20.2. The molecule has 3 heterocycles. The number of carbonyl (C=O) groups excluding carboxylic acids is 2. The molecule has 1 aromatic carbocycles. The van der Waals surface area contributed by atoms with Gasteiger partial charge in [-0.1, -0.05) is 36.4 Å². The Balaban J connectivity index is 1.88. The number of carboxylic acids is 1. The van der Waals surface area contributed by atoms with Crippen LogP contribution < -0.4 is 5.35 Å². The molecule has 0 fully saturated rings. The number of rotatable bonds is 11. The molecule has 0 aliphatic carbocycles. The number of hydrogen-bond acceptors (Lipinski definition) is 4. The van der Waals surface area contributed by atoms with E-state index in [0.717, 1.165) is 38.9 Å². The van der Waals surface area contributed by atoms with Crippen molar-refractivity contribution in [2.24, 2.45) is 0 Å². The van der Waals surface area contributed by atoms with E-state index in [1.54, 1.807) is 6.92 Å². The SMILES string of the molecule is CCOC(=O)CCCc1c(CCCC(=O)O)c2ccc(C)c3n(Cc4ccccc4)c(=C=O)c1n23. The molecule has 0 saturated heterocycles. The summed E-state index contributed by atoms with van der Waals surface area (Å²) in [7, 11) is 0. The maximum Gasteiger partial charge on any atom is 0.305 e. The Morgan fingerprint density at radius 1 is 1.00 bits per heavy atom. The third kappa shape index (κ3) is 4.86. The lowest BCUT2D eigenvalue weighted by molar-refractivity contribution is -0.143. The molecule has 0 atom stereocenters. The van der Waals surface area contributed by atoms with E-state index in [1.807, 2.05) is 54.0 Å². The van der Waals surface area contributed by atoms with E-state index >= 15 is 0 Å². The van der Waals surface area contributed by atoms with E-state index in [9.17, 15) is 14.4 Å². The Labute approximate surface area is 203 Å². The van der Waals surface area contributed by atoms with Crippen molar-refractivity contribution in [2.45, 2.75) is 58.9 Å². The minimum atomic E-state index is -0.830.